The van der Waals surface area contributed by atoms with Crippen LogP contribution in [-0.2, 0) is 4.74 Å². The monoisotopic (exact) mass is 280 g/mol. The maximum absolute atomic E-state index is 11.3. The Balaban J connectivity index is 2.15. The van der Waals surface area contributed by atoms with Gasteiger partial charge in [-0.25, -0.2) is 0 Å². The molecule has 20 heavy (non-hydrogen) atoms. The molecule has 1 atom stereocenters. The number of nitro groups is 1. The summed E-state index contributed by atoms with van der Waals surface area (Å²) in [7, 11) is 0. The number of benzene rings is 1. The summed E-state index contributed by atoms with van der Waals surface area (Å²) in [6.45, 7) is 5.85. The lowest BCUT2D eigenvalue weighted by atomic mass is 10.1. The summed E-state index contributed by atoms with van der Waals surface area (Å²) in [5.74, 6) is 0.710. The molecule has 1 aliphatic heterocycles. The van der Waals surface area contributed by atoms with Crippen LogP contribution in [0.4, 0.5) is 11.4 Å². The SMILES string of the molecule is CC(C)Oc1cccc(NCC2CCOC2)c1[N+](=O)[O-]. The highest BCUT2D eigenvalue weighted by Crippen LogP contribution is 2.35. The second-order valence-corrected chi connectivity index (χ2v) is 5.19. The molecule has 1 heterocycles. The molecule has 0 saturated carbocycles. The minimum absolute atomic E-state index is 0.000107. The molecule has 0 aliphatic carbocycles. The van der Waals surface area contributed by atoms with Gasteiger partial charge in [0.15, 0.2) is 5.75 Å². The Bertz CT molecular complexity index is 470. The maximum Gasteiger partial charge on any atom is 0.333 e. The van der Waals surface area contributed by atoms with Crippen molar-refractivity contribution in [3.05, 3.63) is 28.3 Å². The molecule has 6 nitrogen and oxygen atoms in total. The van der Waals surface area contributed by atoms with Crippen LogP contribution in [0.2, 0.25) is 0 Å². The van der Waals surface area contributed by atoms with Crippen molar-refractivity contribution < 1.29 is 14.4 Å². The molecule has 1 fully saturated rings. The number of rotatable bonds is 6. The predicted octanol–water partition coefficient (Wildman–Crippen LogP) is 2.83. The van der Waals surface area contributed by atoms with Crippen LogP contribution in [0.5, 0.6) is 5.75 Å². The van der Waals surface area contributed by atoms with Gasteiger partial charge in [0.1, 0.15) is 5.69 Å². The molecule has 110 valence electrons. The van der Waals surface area contributed by atoms with Crippen LogP contribution in [0.15, 0.2) is 18.2 Å². The van der Waals surface area contributed by atoms with Crippen molar-refractivity contribution in [2.75, 3.05) is 25.1 Å². The number of para-hydroxylation sites is 1. The van der Waals surface area contributed by atoms with Crippen LogP contribution in [0, 0.1) is 16.0 Å². The molecular formula is C14H20N2O4. The first-order valence-electron chi connectivity index (χ1n) is 6.83. The smallest absolute Gasteiger partial charge is 0.333 e. The average Bonchev–Trinajstić information content (AvgIpc) is 2.88. The molecule has 1 aliphatic rings. The van der Waals surface area contributed by atoms with Crippen molar-refractivity contribution in [1.29, 1.82) is 0 Å². The molecule has 6 heteroatoms. The van der Waals surface area contributed by atoms with E-state index in [1.54, 1.807) is 18.2 Å². The van der Waals surface area contributed by atoms with Crippen molar-refractivity contribution in [2.24, 2.45) is 5.92 Å². The highest BCUT2D eigenvalue weighted by Gasteiger charge is 2.23. The highest BCUT2D eigenvalue weighted by molar-refractivity contribution is 5.68. The molecule has 1 saturated heterocycles. The van der Waals surface area contributed by atoms with Gasteiger partial charge in [0.05, 0.1) is 17.6 Å². The van der Waals surface area contributed by atoms with Gasteiger partial charge >= 0.3 is 5.69 Å². The highest BCUT2D eigenvalue weighted by atomic mass is 16.6. The van der Waals surface area contributed by atoms with E-state index < -0.39 is 4.92 Å². The van der Waals surface area contributed by atoms with Crippen LogP contribution in [-0.4, -0.2) is 30.8 Å². The molecule has 2 rings (SSSR count). The second kappa shape index (κ2) is 6.56. The zero-order chi connectivity index (χ0) is 14.5. The maximum atomic E-state index is 11.3. The van der Waals surface area contributed by atoms with Crippen LogP contribution in [0.1, 0.15) is 20.3 Å². The van der Waals surface area contributed by atoms with Gasteiger partial charge in [0.2, 0.25) is 0 Å². The van der Waals surface area contributed by atoms with Gasteiger partial charge in [-0.3, -0.25) is 10.1 Å². The Morgan fingerprint density at radius 2 is 2.35 bits per heavy atom. The number of anilines is 1. The minimum atomic E-state index is -0.398. The number of hydrogen-bond acceptors (Lipinski definition) is 5. The Hall–Kier alpha value is -1.82. The molecule has 1 aromatic carbocycles. The summed E-state index contributed by atoms with van der Waals surface area (Å²) in [6, 6.07) is 5.10. The largest absolute Gasteiger partial charge is 0.484 e. The van der Waals surface area contributed by atoms with Crippen LogP contribution < -0.4 is 10.1 Å². The standard InChI is InChI=1S/C14H20N2O4/c1-10(2)20-13-5-3-4-12(14(13)16(17)18)15-8-11-6-7-19-9-11/h3-5,10-11,15H,6-9H2,1-2H3. The summed E-state index contributed by atoms with van der Waals surface area (Å²) < 4.78 is 10.8. The van der Waals surface area contributed by atoms with E-state index >= 15 is 0 Å². The van der Waals surface area contributed by atoms with E-state index in [4.69, 9.17) is 9.47 Å². The molecule has 1 aromatic rings. The van der Waals surface area contributed by atoms with Crippen molar-refractivity contribution in [1.82, 2.24) is 0 Å². The topological polar surface area (TPSA) is 73.6 Å². The number of nitrogens with one attached hydrogen (secondary N) is 1. The van der Waals surface area contributed by atoms with Gasteiger partial charge in [0, 0.05) is 19.1 Å². The van der Waals surface area contributed by atoms with E-state index in [2.05, 4.69) is 5.32 Å². The molecule has 1 N–H and O–H groups in total. The van der Waals surface area contributed by atoms with Gasteiger partial charge in [-0.15, -0.1) is 0 Å². The Morgan fingerprint density at radius 1 is 1.55 bits per heavy atom. The van der Waals surface area contributed by atoms with Gasteiger partial charge in [-0.1, -0.05) is 6.07 Å². The first kappa shape index (κ1) is 14.6. The fourth-order valence-corrected chi connectivity index (χ4v) is 2.20. The van der Waals surface area contributed by atoms with Crippen LogP contribution >= 0.6 is 0 Å². The Morgan fingerprint density at radius 3 is 2.95 bits per heavy atom. The number of nitro benzene ring substituents is 1. The van der Waals surface area contributed by atoms with E-state index in [1.165, 1.54) is 0 Å². The Kier molecular flexibility index (Phi) is 4.79. The van der Waals surface area contributed by atoms with Gasteiger partial charge in [-0.05, 0) is 32.4 Å². The van der Waals surface area contributed by atoms with Crippen molar-refractivity contribution in [3.8, 4) is 5.75 Å². The van der Waals surface area contributed by atoms with Crippen LogP contribution in [0.3, 0.4) is 0 Å². The molecule has 0 spiro atoms. The second-order valence-electron chi connectivity index (χ2n) is 5.19. The quantitative estimate of drug-likeness (QED) is 0.640. The van der Waals surface area contributed by atoms with E-state index in [9.17, 15) is 10.1 Å². The third-order valence-electron chi connectivity index (χ3n) is 3.15. The van der Waals surface area contributed by atoms with Crippen molar-refractivity contribution in [2.45, 2.75) is 26.4 Å². The van der Waals surface area contributed by atoms with E-state index in [-0.39, 0.29) is 11.8 Å². The van der Waals surface area contributed by atoms with Crippen molar-refractivity contribution >= 4 is 11.4 Å². The van der Waals surface area contributed by atoms with E-state index in [0.29, 0.717) is 30.5 Å². The first-order valence-corrected chi connectivity index (χ1v) is 6.83. The normalized spacial score (nSPS) is 18.2. The summed E-state index contributed by atoms with van der Waals surface area (Å²) in [5.41, 5.74) is 0.500. The van der Waals surface area contributed by atoms with Gasteiger partial charge < -0.3 is 14.8 Å². The van der Waals surface area contributed by atoms with E-state index in [1.807, 2.05) is 13.8 Å². The fraction of sp³-hybridized carbons (Fsp3) is 0.571. The predicted molar refractivity (Wildman–Crippen MR) is 76.3 cm³/mol. The zero-order valence-corrected chi connectivity index (χ0v) is 11.8. The average molecular weight is 280 g/mol. The lowest BCUT2D eigenvalue weighted by Crippen LogP contribution is -2.15. The lowest BCUT2D eigenvalue weighted by molar-refractivity contribution is -0.385. The minimum Gasteiger partial charge on any atom is -0.484 e. The fourth-order valence-electron chi connectivity index (χ4n) is 2.20. The number of hydrogen-bond donors (Lipinski definition) is 1. The zero-order valence-electron chi connectivity index (χ0n) is 11.8. The van der Waals surface area contributed by atoms with Crippen molar-refractivity contribution in [3.63, 3.8) is 0 Å². The lowest BCUT2D eigenvalue weighted by Gasteiger charge is -2.14. The van der Waals surface area contributed by atoms with Gasteiger partial charge in [0.25, 0.3) is 0 Å². The molecule has 1 unspecified atom stereocenters. The third kappa shape index (κ3) is 3.60. The van der Waals surface area contributed by atoms with Gasteiger partial charge in [-0.2, -0.15) is 0 Å². The Labute approximate surface area is 118 Å². The number of ether oxygens (including phenoxy) is 2. The summed E-state index contributed by atoms with van der Waals surface area (Å²) >= 11 is 0. The molecule has 0 aromatic heterocycles. The first-order chi connectivity index (χ1) is 9.58. The summed E-state index contributed by atoms with van der Waals surface area (Å²) in [6.07, 6.45) is 0.885. The van der Waals surface area contributed by atoms with Crippen LogP contribution in [0.25, 0.3) is 0 Å². The van der Waals surface area contributed by atoms with E-state index in [0.717, 1.165) is 13.0 Å². The molecular weight excluding hydrogens is 260 g/mol. The third-order valence-corrected chi connectivity index (χ3v) is 3.15. The molecule has 0 bridgehead atoms. The number of nitrogens with zero attached hydrogens (tertiary/aromatic N) is 1. The summed E-state index contributed by atoms with van der Waals surface area (Å²) in [5, 5.41) is 14.4. The summed E-state index contributed by atoms with van der Waals surface area (Å²) in [4.78, 5) is 10.9. The molecule has 0 radical (unpaired) electrons. The molecule has 0 amide bonds.